The molecule has 1 aliphatic carbocycles. The van der Waals surface area contributed by atoms with E-state index in [1.807, 2.05) is 20.8 Å². The summed E-state index contributed by atoms with van der Waals surface area (Å²) < 4.78 is 11.6. The van der Waals surface area contributed by atoms with Crippen LogP contribution in [0.15, 0.2) is 0 Å². The van der Waals surface area contributed by atoms with E-state index in [1.54, 1.807) is 0 Å². The Hall–Kier alpha value is -1.39. The Morgan fingerprint density at radius 3 is 2.50 bits per heavy atom. The molecule has 2 atom stereocenters. The molecule has 1 heterocycles. The van der Waals surface area contributed by atoms with Crippen molar-refractivity contribution < 1.29 is 23.6 Å². The fraction of sp³-hybridized carbons (Fsp3) is 0.769. The third-order valence-electron chi connectivity index (χ3n) is 3.40. The van der Waals surface area contributed by atoms with Crippen molar-refractivity contribution in [2.45, 2.75) is 51.7 Å². The topological polar surface area (TPSA) is 55.6 Å². The van der Waals surface area contributed by atoms with Crippen LogP contribution in [0.3, 0.4) is 0 Å². The zero-order chi connectivity index (χ0) is 13.5. The third-order valence-corrected chi connectivity index (χ3v) is 3.40. The van der Waals surface area contributed by atoms with Gasteiger partial charge in [-0.25, -0.2) is 4.79 Å². The summed E-state index contributed by atoms with van der Waals surface area (Å²) in [6, 6.07) is 0.0962. The first-order valence-electron chi connectivity index (χ1n) is 6.31. The maximum absolute atomic E-state index is 12.2. The summed E-state index contributed by atoms with van der Waals surface area (Å²) in [6.45, 7) is 5.45. The van der Waals surface area contributed by atoms with Crippen molar-refractivity contribution in [2.75, 3.05) is 7.11 Å². The quantitative estimate of drug-likeness (QED) is 0.528. The second kappa shape index (κ2) is 4.37. The van der Waals surface area contributed by atoms with Crippen LogP contribution in [0.25, 0.3) is 0 Å². The predicted octanol–water partition coefficient (Wildman–Crippen LogP) is 1.73. The minimum Gasteiger partial charge on any atom is -0.461 e. The Bertz CT molecular complexity index is 419. The van der Waals surface area contributed by atoms with Gasteiger partial charge in [-0.2, -0.15) is 4.79 Å². The molecule has 0 N–H and O–H groups in total. The van der Waals surface area contributed by atoms with E-state index in [4.69, 9.17) is 9.47 Å². The van der Waals surface area contributed by atoms with Gasteiger partial charge in [0.1, 0.15) is 5.60 Å². The molecule has 0 radical (unpaired) electrons. The number of fused-ring (bicyclic) bond motifs is 2. The molecule has 2 aliphatic rings. The fourth-order valence-corrected chi connectivity index (χ4v) is 2.76. The highest BCUT2D eigenvalue weighted by Crippen LogP contribution is 2.36. The van der Waals surface area contributed by atoms with Gasteiger partial charge in [-0.05, 0) is 27.2 Å². The van der Waals surface area contributed by atoms with Crippen LogP contribution in [-0.2, 0) is 14.3 Å². The summed E-state index contributed by atoms with van der Waals surface area (Å²) in [5, 5.41) is 0. The van der Waals surface area contributed by atoms with E-state index < -0.39 is 17.7 Å². The fourth-order valence-electron chi connectivity index (χ4n) is 2.76. The number of hydrogen-bond acceptors (Lipinski definition) is 4. The van der Waals surface area contributed by atoms with Crippen molar-refractivity contribution in [1.82, 2.24) is 0 Å². The van der Waals surface area contributed by atoms with Gasteiger partial charge in [0.2, 0.25) is 0 Å². The van der Waals surface area contributed by atoms with Crippen molar-refractivity contribution >= 4 is 17.8 Å². The van der Waals surface area contributed by atoms with Gasteiger partial charge in [0.15, 0.2) is 6.04 Å². The number of ether oxygens (including phenoxy) is 2. The van der Waals surface area contributed by atoms with Crippen LogP contribution in [-0.4, -0.2) is 41.1 Å². The molecule has 1 amide bonds. The van der Waals surface area contributed by atoms with Gasteiger partial charge in [0.05, 0.1) is 13.0 Å². The van der Waals surface area contributed by atoms with Crippen LogP contribution in [0.2, 0.25) is 0 Å². The van der Waals surface area contributed by atoms with Crippen molar-refractivity contribution in [2.24, 2.45) is 5.92 Å². The highest BCUT2D eigenvalue weighted by molar-refractivity contribution is 6.36. The molecule has 0 saturated heterocycles. The van der Waals surface area contributed by atoms with E-state index in [0.717, 1.165) is 19.3 Å². The molecule has 18 heavy (non-hydrogen) atoms. The first-order chi connectivity index (χ1) is 8.33. The second-order valence-electron chi connectivity index (χ2n) is 5.89. The van der Waals surface area contributed by atoms with E-state index >= 15 is 0 Å². The largest absolute Gasteiger partial charge is 0.597 e. The molecule has 100 valence electrons. The second-order valence-corrected chi connectivity index (χ2v) is 5.89. The monoisotopic (exact) mass is 254 g/mol. The lowest BCUT2D eigenvalue weighted by Crippen LogP contribution is -2.41. The number of amides is 1. The van der Waals surface area contributed by atoms with Crippen molar-refractivity contribution in [3.63, 3.8) is 0 Å². The Labute approximate surface area is 107 Å². The number of esters is 1. The summed E-state index contributed by atoms with van der Waals surface area (Å²) >= 11 is 0. The van der Waals surface area contributed by atoms with Crippen LogP contribution in [0, 0.1) is 5.92 Å². The number of carbonyl (C=O) groups excluding carboxylic acids is 2. The minimum absolute atomic E-state index is 0.0962. The number of carbonyl (C=O) groups is 2. The van der Waals surface area contributed by atoms with Gasteiger partial charge >= 0.3 is 12.1 Å². The molecular weight excluding hydrogens is 234 g/mol. The smallest absolute Gasteiger partial charge is 0.461 e. The molecular formula is C13H20NO4+. The van der Waals surface area contributed by atoms with Crippen LogP contribution in [0.4, 0.5) is 4.79 Å². The Morgan fingerprint density at radius 1 is 1.28 bits per heavy atom. The number of hydrogen-bond donors (Lipinski definition) is 0. The van der Waals surface area contributed by atoms with Gasteiger partial charge < -0.3 is 9.47 Å². The van der Waals surface area contributed by atoms with Crippen LogP contribution < -0.4 is 0 Å². The maximum Gasteiger partial charge on any atom is 0.597 e. The van der Waals surface area contributed by atoms with Gasteiger partial charge in [0.25, 0.3) is 5.71 Å². The SMILES string of the molecule is COC(=O)C1=[N+](C(=O)OC(C)(C)C)C2CCC1C2. The molecule has 2 bridgehead atoms. The average Bonchev–Trinajstić information content (AvgIpc) is 2.84. The predicted molar refractivity (Wildman–Crippen MR) is 64.6 cm³/mol. The number of rotatable bonds is 1. The molecule has 0 aromatic rings. The molecule has 1 fully saturated rings. The summed E-state index contributed by atoms with van der Waals surface area (Å²) in [7, 11) is 1.34. The molecule has 2 rings (SSSR count). The minimum atomic E-state index is -0.555. The van der Waals surface area contributed by atoms with E-state index in [0.29, 0.717) is 5.71 Å². The average molecular weight is 254 g/mol. The first kappa shape index (κ1) is 13.1. The van der Waals surface area contributed by atoms with Crippen LogP contribution >= 0.6 is 0 Å². The zero-order valence-corrected chi connectivity index (χ0v) is 11.4. The van der Waals surface area contributed by atoms with Crippen molar-refractivity contribution in [3.8, 4) is 0 Å². The molecule has 1 saturated carbocycles. The Morgan fingerprint density at radius 2 is 1.94 bits per heavy atom. The lowest BCUT2D eigenvalue weighted by Gasteiger charge is -2.18. The Balaban J connectivity index is 2.30. The summed E-state index contributed by atoms with van der Waals surface area (Å²) in [6.07, 6.45) is 2.30. The van der Waals surface area contributed by atoms with E-state index in [1.165, 1.54) is 11.7 Å². The zero-order valence-electron chi connectivity index (χ0n) is 11.4. The van der Waals surface area contributed by atoms with Crippen molar-refractivity contribution in [1.29, 1.82) is 0 Å². The van der Waals surface area contributed by atoms with Crippen molar-refractivity contribution in [3.05, 3.63) is 0 Å². The van der Waals surface area contributed by atoms with Crippen LogP contribution in [0.5, 0.6) is 0 Å². The molecule has 2 unspecified atom stereocenters. The van der Waals surface area contributed by atoms with Gasteiger partial charge in [-0.3, -0.25) is 0 Å². The van der Waals surface area contributed by atoms with E-state index in [9.17, 15) is 9.59 Å². The summed E-state index contributed by atoms with van der Waals surface area (Å²) in [5.74, 6) is -0.261. The van der Waals surface area contributed by atoms with E-state index in [-0.39, 0.29) is 12.0 Å². The molecule has 5 heteroatoms. The lowest BCUT2D eigenvalue weighted by molar-refractivity contribution is -0.484. The van der Waals surface area contributed by atoms with Gasteiger partial charge in [-0.15, -0.1) is 4.58 Å². The van der Waals surface area contributed by atoms with E-state index in [2.05, 4.69) is 0 Å². The highest BCUT2D eigenvalue weighted by atomic mass is 16.6. The molecule has 0 aromatic carbocycles. The lowest BCUT2D eigenvalue weighted by atomic mass is 10.0. The Kier molecular flexibility index (Phi) is 3.17. The molecule has 0 aromatic heterocycles. The normalized spacial score (nSPS) is 26.4. The van der Waals surface area contributed by atoms with Crippen LogP contribution in [0.1, 0.15) is 40.0 Å². The molecule has 1 aliphatic heterocycles. The van der Waals surface area contributed by atoms with Gasteiger partial charge in [0, 0.05) is 12.8 Å². The highest BCUT2D eigenvalue weighted by Gasteiger charge is 2.54. The number of nitrogens with zero attached hydrogens (tertiary/aromatic N) is 1. The standard InChI is InChI=1S/C13H20NO4/c1-13(2,3)18-12(16)14-9-6-5-8(7-9)10(14)11(15)17-4/h8-9H,5-7H2,1-4H3/q+1. The number of methoxy groups -OCH3 is 1. The molecule has 0 spiro atoms. The van der Waals surface area contributed by atoms with Gasteiger partial charge in [-0.1, -0.05) is 0 Å². The third kappa shape index (κ3) is 2.26. The maximum atomic E-state index is 12.2. The molecule has 5 nitrogen and oxygen atoms in total. The first-order valence-corrected chi connectivity index (χ1v) is 6.31. The summed E-state index contributed by atoms with van der Waals surface area (Å²) in [4.78, 5) is 23.9. The summed E-state index contributed by atoms with van der Waals surface area (Å²) in [5.41, 5.74) is -0.0804.